The van der Waals surface area contributed by atoms with Crippen LogP contribution in [0.15, 0.2) is 45.4 Å². The molecule has 1 aromatic carbocycles. The zero-order valence-electron chi connectivity index (χ0n) is 19.1. The number of methoxy groups -OCH3 is 1. The van der Waals surface area contributed by atoms with Gasteiger partial charge in [0.1, 0.15) is 22.7 Å². The van der Waals surface area contributed by atoms with Crippen LogP contribution in [0.1, 0.15) is 45.3 Å². The van der Waals surface area contributed by atoms with Crippen LogP contribution in [-0.2, 0) is 25.7 Å². The van der Waals surface area contributed by atoms with Gasteiger partial charge in [-0.2, -0.15) is 13.2 Å². The van der Waals surface area contributed by atoms with Crippen LogP contribution in [0, 0.1) is 0 Å². The molecule has 0 spiro atoms. The number of nitrogens with zero attached hydrogens (tertiary/aromatic N) is 2. The van der Waals surface area contributed by atoms with Gasteiger partial charge < -0.3 is 24.6 Å². The van der Waals surface area contributed by atoms with Crippen LogP contribution in [-0.4, -0.2) is 23.0 Å². The van der Waals surface area contributed by atoms with Gasteiger partial charge >= 0.3 is 6.18 Å². The Kier molecular flexibility index (Phi) is 6.00. The standard InChI is InChI=1S/C25H21F3N4O4/c1-34-18-8-6-16(15-7-9-20(25(26,27)28)31-21(15)18)24-32-22(19(10-29)36-24)23(33)30-11-13-12-35-17-5-3-2-4-14(13)17/h2,4,6-9,12H,3,5,10-11,29H2,1H3,(H,30,33). The summed E-state index contributed by atoms with van der Waals surface area (Å²) in [5.41, 5.74) is 6.84. The first-order valence-corrected chi connectivity index (χ1v) is 11.1. The molecule has 0 fully saturated rings. The number of nitrogens with one attached hydrogen (secondary N) is 1. The molecule has 0 saturated carbocycles. The van der Waals surface area contributed by atoms with Crippen molar-refractivity contribution in [1.29, 1.82) is 0 Å². The van der Waals surface area contributed by atoms with Crippen LogP contribution < -0.4 is 15.8 Å². The molecule has 1 aliphatic carbocycles. The van der Waals surface area contributed by atoms with Crippen molar-refractivity contribution in [3.05, 3.63) is 70.6 Å². The van der Waals surface area contributed by atoms with Crippen LogP contribution in [0.3, 0.4) is 0 Å². The van der Waals surface area contributed by atoms with Gasteiger partial charge in [0.15, 0.2) is 11.5 Å². The lowest BCUT2D eigenvalue weighted by Crippen LogP contribution is -2.24. The van der Waals surface area contributed by atoms with E-state index in [1.165, 1.54) is 19.2 Å². The molecule has 0 aliphatic heterocycles. The van der Waals surface area contributed by atoms with E-state index in [0.29, 0.717) is 10.9 Å². The van der Waals surface area contributed by atoms with Gasteiger partial charge in [0.25, 0.3) is 5.91 Å². The lowest BCUT2D eigenvalue weighted by molar-refractivity contribution is -0.140. The van der Waals surface area contributed by atoms with E-state index in [1.54, 1.807) is 12.3 Å². The summed E-state index contributed by atoms with van der Waals surface area (Å²) >= 11 is 0. The molecule has 8 nitrogen and oxygen atoms in total. The molecule has 36 heavy (non-hydrogen) atoms. The highest BCUT2D eigenvalue weighted by Crippen LogP contribution is 2.37. The largest absolute Gasteiger partial charge is 0.494 e. The fraction of sp³-hybridized carbons (Fsp3) is 0.240. The molecule has 4 aromatic rings. The Morgan fingerprint density at radius 1 is 1.22 bits per heavy atom. The first-order valence-electron chi connectivity index (χ1n) is 11.1. The molecule has 3 aromatic heterocycles. The van der Waals surface area contributed by atoms with Gasteiger partial charge in [-0.3, -0.25) is 4.79 Å². The molecule has 186 valence electrons. The molecule has 1 amide bonds. The highest BCUT2D eigenvalue weighted by Gasteiger charge is 2.33. The fourth-order valence-corrected chi connectivity index (χ4v) is 4.14. The number of hydrogen-bond acceptors (Lipinski definition) is 7. The number of nitrogens with two attached hydrogens (primary N) is 1. The summed E-state index contributed by atoms with van der Waals surface area (Å²) in [6.45, 7) is 0.105. The number of fused-ring (bicyclic) bond motifs is 2. The number of hydrogen-bond donors (Lipinski definition) is 2. The van der Waals surface area contributed by atoms with Crippen LogP contribution in [0.4, 0.5) is 13.2 Å². The maximum atomic E-state index is 13.2. The van der Waals surface area contributed by atoms with E-state index in [1.807, 2.05) is 12.2 Å². The molecule has 3 N–H and O–H groups in total. The van der Waals surface area contributed by atoms with Crippen LogP contribution in [0.25, 0.3) is 28.4 Å². The maximum Gasteiger partial charge on any atom is 0.433 e. The summed E-state index contributed by atoms with van der Waals surface area (Å²) in [5, 5.41) is 3.12. The monoisotopic (exact) mass is 498 g/mol. The van der Waals surface area contributed by atoms with Gasteiger partial charge in [-0.25, -0.2) is 9.97 Å². The van der Waals surface area contributed by atoms with Crippen molar-refractivity contribution in [3.63, 3.8) is 0 Å². The lowest BCUT2D eigenvalue weighted by Gasteiger charge is -2.11. The average molecular weight is 498 g/mol. The predicted molar refractivity (Wildman–Crippen MR) is 124 cm³/mol. The number of pyridine rings is 1. The Morgan fingerprint density at radius 3 is 2.81 bits per heavy atom. The molecule has 0 radical (unpaired) electrons. The van der Waals surface area contributed by atoms with Crippen LogP contribution in [0.2, 0.25) is 0 Å². The topological polar surface area (TPSA) is 116 Å². The zero-order valence-corrected chi connectivity index (χ0v) is 19.1. The van der Waals surface area contributed by atoms with Gasteiger partial charge in [-0.1, -0.05) is 12.2 Å². The van der Waals surface area contributed by atoms with Gasteiger partial charge in [0.05, 0.1) is 19.9 Å². The average Bonchev–Trinajstić information content (AvgIpc) is 3.50. The SMILES string of the molecule is COc1ccc(-c2nc(C(=O)NCc3coc4c3C=CCC4)c(CN)o2)c2ccc(C(F)(F)F)nc12. The normalized spacial score (nSPS) is 13.1. The number of benzene rings is 1. The molecule has 1 aliphatic rings. The molecule has 3 heterocycles. The molecular formula is C25H21F3N4O4. The van der Waals surface area contributed by atoms with Gasteiger partial charge in [0, 0.05) is 35.0 Å². The Hall–Kier alpha value is -4.12. The number of carbonyl (C=O) groups is 1. The highest BCUT2D eigenvalue weighted by atomic mass is 19.4. The Bertz CT molecular complexity index is 1490. The number of halogens is 3. The number of carbonyl (C=O) groups excluding carboxylic acids is 1. The number of furan rings is 1. The van der Waals surface area contributed by atoms with Gasteiger partial charge in [0.2, 0.25) is 5.89 Å². The van der Waals surface area contributed by atoms with E-state index in [0.717, 1.165) is 35.8 Å². The molecule has 0 saturated heterocycles. The summed E-state index contributed by atoms with van der Waals surface area (Å²) in [4.78, 5) is 21.0. The summed E-state index contributed by atoms with van der Waals surface area (Å²) < 4.78 is 56.2. The first kappa shape index (κ1) is 23.6. The third-order valence-corrected chi connectivity index (χ3v) is 5.91. The van der Waals surface area contributed by atoms with E-state index < -0.39 is 17.8 Å². The first-order chi connectivity index (χ1) is 17.3. The van der Waals surface area contributed by atoms with Crippen LogP contribution in [0.5, 0.6) is 5.75 Å². The Balaban J connectivity index is 1.47. The number of ether oxygens (including phenoxy) is 1. The Morgan fingerprint density at radius 2 is 2.06 bits per heavy atom. The summed E-state index contributed by atoms with van der Waals surface area (Å²) in [7, 11) is 1.34. The summed E-state index contributed by atoms with van der Waals surface area (Å²) in [6.07, 6.45) is 2.71. The predicted octanol–water partition coefficient (Wildman–Crippen LogP) is 4.86. The van der Waals surface area contributed by atoms with E-state index in [2.05, 4.69) is 15.3 Å². The molecule has 0 atom stereocenters. The second-order valence-electron chi connectivity index (χ2n) is 8.12. The van der Waals surface area contributed by atoms with Crippen molar-refractivity contribution >= 4 is 22.9 Å². The number of allylic oxidation sites excluding steroid dienone is 1. The lowest BCUT2D eigenvalue weighted by atomic mass is 10.0. The van der Waals surface area contributed by atoms with E-state index in [4.69, 9.17) is 19.3 Å². The van der Waals surface area contributed by atoms with Gasteiger partial charge in [-0.15, -0.1) is 0 Å². The van der Waals surface area contributed by atoms with Gasteiger partial charge in [-0.05, 0) is 30.7 Å². The number of rotatable bonds is 6. The molecular weight excluding hydrogens is 477 g/mol. The number of amides is 1. The maximum absolute atomic E-state index is 13.2. The van der Waals surface area contributed by atoms with Crippen molar-refractivity contribution in [1.82, 2.24) is 15.3 Å². The Labute approximate surface area is 203 Å². The fourth-order valence-electron chi connectivity index (χ4n) is 4.14. The summed E-state index contributed by atoms with van der Waals surface area (Å²) in [5.74, 6) is 0.692. The molecule has 0 bridgehead atoms. The van der Waals surface area contributed by atoms with Crippen molar-refractivity contribution in [2.24, 2.45) is 5.73 Å². The van der Waals surface area contributed by atoms with Crippen LogP contribution >= 0.6 is 0 Å². The number of oxazole rings is 1. The van der Waals surface area contributed by atoms with Crippen molar-refractivity contribution < 1.29 is 31.5 Å². The quantitative estimate of drug-likeness (QED) is 0.390. The zero-order chi connectivity index (χ0) is 25.4. The molecule has 5 rings (SSSR count). The number of aromatic nitrogens is 2. The number of aryl methyl sites for hydroxylation is 1. The molecule has 0 unspecified atom stereocenters. The second-order valence-corrected chi connectivity index (χ2v) is 8.12. The smallest absolute Gasteiger partial charge is 0.433 e. The van der Waals surface area contributed by atoms with E-state index >= 15 is 0 Å². The number of alkyl halides is 3. The minimum Gasteiger partial charge on any atom is -0.494 e. The second kappa shape index (κ2) is 9.15. The van der Waals surface area contributed by atoms with Crippen molar-refractivity contribution in [3.8, 4) is 17.2 Å². The summed E-state index contributed by atoms with van der Waals surface area (Å²) in [6, 6.07) is 5.18. The van der Waals surface area contributed by atoms with E-state index in [9.17, 15) is 18.0 Å². The third-order valence-electron chi connectivity index (χ3n) is 5.91. The minimum atomic E-state index is -4.62. The van der Waals surface area contributed by atoms with E-state index in [-0.39, 0.29) is 41.7 Å². The third kappa shape index (κ3) is 4.22. The van der Waals surface area contributed by atoms with Crippen molar-refractivity contribution in [2.75, 3.05) is 7.11 Å². The highest BCUT2D eigenvalue weighted by molar-refractivity contribution is 5.98. The minimum absolute atomic E-state index is 0.00996. The van der Waals surface area contributed by atoms with Crippen molar-refractivity contribution in [2.45, 2.75) is 32.1 Å². The molecule has 11 heteroatoms.